The van der Waals surface area contributed by atoms with Crippen LogP contribution in [0.15, 0.2) is 90.6 Å². The van der Waals surface area contributed by atoms with Crippen molar-refractivity contribution in [2.45, 2.75) is 11.8 Å². The Morgan fingerprint density at radius 2 is 1.63 bits per heavy atom. The van der Waals surface area contributed by atoms with Gasteiger partial charge in [-0.15, -0.1) is 0 Å². The standard InChI is InChI=1S/C31H22N4O3/c36-27-14-28-31(22-7-3-2-6-21(22)27)15-19(31)16-35(28)30(38)26-13-18-11-20(9-10-24(18)34-26)32-29(37)25-12-17-5-1-4-8-23(17)33-25/h1-14,19,33-34H,15-16H2,(H,32,37)/t19-,31-/m1/s1. The number of hydrogen-bond donors (Lipinski definition) is 3. The van der Waals surface area contributed by atoms with E-state index >= 15 is 0 Å². The summed E-state index contributed by atoms with van der Waals surface area (Å²) in [5.74, 6) is -0.0839. The van der Waals surface area contributed by atoms with Gasteiger partial charge in [-0.2, -0.15) is 0 Å². The highest BCUT2D eigenvalue weighted by Crippen LogP contribution is 2.66. The fraction of sp³-hybridized carbons (Fsp3) is 0.129. The summed E-state index contributed by atoms with van der Waals surface area (Å²) in [5.41, 5.74) is 5.69. The lowest BCUT2D eigenvalue weighted by Gasteiger charge is -2.29. The van der Waals surface area contributed by atoms with Gasteiger partial charge in [-0.05, 0) is 54.3 Å². The number of allylic oxidation sites excluding steroid dienone is 2. The molecule has 1 spiro atoms. The first-order valence-electron chi connectivity index (χ1n) is 12.7. The fourth-order valence-electron chi connectivity index (χ4n) is 6.44. The van der Waals surface area contributed by atoms with Gasteiger partial charge in [-0.25, -0.2) is 0 Å². The molecule has 0 radical (unpaired) electrons. The minimum atomic E-state index is -0.233. The van der Waals surface area contributed by atoms with Crippen LogP contribution in [0, 0.1) is 5.92 Å². The largest absolute Gasteiger partial charge is 0.351 e. The average molecular weight is 499 g/mol. The van der Waals surface area contributed by atoms with Crippen LogP contribution >= 0.6 is 0 Å². The number of rotatable bonds is 3. The number of likely N-dealkylation sites (tertiary alicyclic amines) is 1. The van der Waals surface area contributed by atoms with Gasteiger partial charge in [0, 0.05) is 56.8 Å². The van der Waals surface area contributed by atoms with Crippen molar-refractivity contribution in [2.24, 2.45) is 5.92 Å². The van der Waals surface area contributed by atoms with E-state index in [4.69, 9.17) is 0 Å². The van der Waals surface area contributed by atoms with Crippen LogP contribution in [0.2, 0.25) is 0 Å². The van der Waals surface area contributed by atoms with Crippen molar-refractivity contribution in [3.05, 3.63) is 113 Å². The molecule has 3 aliphatic rings. The first-order valence-corrected chi connectivity index (χ1v) is 12.7. The number of para-hydroxylation sites is 1. The van der Waals surface area contributed by atoms with Crippen molar-refractivity contribution < 1.29 is 14.4 Å². The number of nitrogens with one attached hydrogen (secondary N) is 3. The second-order valence-corrected chi connectivity index (χ2v) is 10.4. The van der Waals surface area contributed by atoms with Crippen LogP contribution in [0.5, 0.6) is 0 Å². The van der Waals surface area contributed by atoms with E-state index < -0.39 is 0 Å². The number of carbonyl (C=O) groups is 3. The van der Waals surface area contributed by atoms with E-state index in [0.29, 0.717) is 29.5 Å². The van der Waals surface area contributed by atoms with E-state index in [9.17, 15) is 14.4 Å². The maximum absolute atomic E-state index is 13.7. The normalized spacial score (nSPS) is 21.2. The Kier molecular flexibility index (Phi) is 4.08. The Hall–Kier alpha value is -4.91. The molecule has 2 fully saturated rings. The molecule has 0 unspecified atom stereocenters. The highest BCUT2D eigenvalue weighted by atomic mass is 16.2. The summed E-state index contributed by atoms with van der Waals surface area (Å²) in [6.45, 7) is 0.605. The topological polar surface area (TPSA) is 98.1 Å². The van der Waals surface area contributed by atoms with Crippen LogP contribution in [0.3, 0.4) is 0 Å². The van der Waals surface area contributed by atoms with E-state index in [1.807, 2.05) is 78.9 Å². The summed E-state index contributed by atoms with van der Waals surface area (Å²) in [6, 6.07) is 24.7. The number of carbonyl (C=O) groups excluding carboxylic acids is 3. The number of H-pyrrole nitrogens is 2. The molecule has 2 atom stereocenters. The third-order valence-corrected chi connectivity index (χ3v) is 8.33. The number of anilines is 1. The van der Waals surface area contributed by atoms with Crippen LogP contribution in [0.1, 0.15) is 43.3 Å². The number of fused-ring (bicyclic) bond motifs is 3. The van der Waals surface area contributed by atoms with Gasteiger partial charge in [0.2, 0.25) is 0 Å². The molecule has 7 nitrogen and oxygen atoms in total. The minimum absolute atomic E-state index is 0.0430. The van der Waals surface area contributed by atoms with Crippen molar-refractivity contribution in [2.75, 3.05) is 11.9 Å². The van der Waals surface area contributed by atoms with Gasteiger partial charge in [-0.3, -0.25) is 14.4 Å². The maximum Gasteiger partial charge on any atom is 0.274 e. The number of amides is 2. The smallest absolute Gasteiger partial charge is 0.274 e. The van der Waals surface area contributed by atoms with Crippen LogP contribution in [-0.2, 0) is 5.41 Å². The molecule has 1 saturated heterocycles. The number of piperidine rings is 1. The Morgan fingerprint density at radius 1 is 0.868 bits per heavy atom. The first kappa shape index (κ1) is 21.2. The molecule has 3 N–H and O–H groups in total. The van der Waals surface area contributed by atoms with Crippen LogP contribution < -0.4 is 5.32 Å². The quantitative estimate of drug-likeness (QED) is 0.311. The third-order valence-electron chi connectivity index (χ3n) is 8.33. The maximum atomic E-state index is 13.7. The van der Waals surface area contributed by atoms with Gasteiger partial charge in [0.25, 0.3) is 11.8 Å². The number of nitrogens with zero attached hydrogens (tertiary/aromatic N) is 1. The van der Waals surface area contributed by atoms with Gasteiger partial charge >= 0.3 is 0 Å². The molecule has 2 amide bonds. The highest BCUT2D eigenvalue weighted by Gasteiger charge is 2.67. The minimum Gasteiger partial charge on any atom is -0.351 e. The fourth-order valence-corrected chi connectivity index (χ4v) is 6.44. The number of aromatic amines is 2. The van der Waals surface area contributed by atoms with Crippen molar-refractivity contribution >= 4 is 45.1 Å². The summed E-state index contributed by atoms with van der Waals surface area (Å²) in [4.78, 5) is 47.5. The first-order chi connectivity index (χ1) is 18.5. The molecule has 2 aliphatic carbocycles. The lowest BCUT2D eigenvalue weighted by molar-refractivity contribution is 0.0806. The number of benzene rings is 3. The van der Waals surface area contributed by atoms with Crippen molar-refractivity contribution in [1.29, 1.82) is 0 Å². The van der Waals surface area contributed by atoms with Crippen LogP contribution in [0.4, 0.5) is 5.69 Å². The van der Waals surface area contributed by atoms with E-state index in [0.717, 1.165) is 45.1 Å². The van der Waals surface area contributed by atoms with Gasteiger partial charge in [0.15, 0.2) is 5.78 Å². The summed E-state index contributed by atoms with van der Waals surface area (Å²) < 4.78 is 0. The Morgan fingerprint density at radius 3 is 2.53 bits per heavy atom. The zero-order valence-electron chi connectivity index (χ0n) is 20.2. The molecule has 1 aliphatic heterocycles. The summed E-state index contributed by atoms with van der Waals surface area (Å²) in [5, 5.41) is 4.74. The third kappa shape index (κ3) is 2.87. The molecule has 0 bridgehead atoms. The molecule has 8 rings (SSSR count). The van der Waals surface area contributed by atoms with E-state index in [1.165, 1.54) is 0 Å². The Balaban J connectivity index is 1.07. The van der Waals surface area contributed by atoms with Gasteiger partial charge in [-0.1, -0.05) is 42.5 Å². The van der Waals surface area contributed by atoms with Gasteiger partial charge in [0.1, 0.15) is 11.4 Å². The Bertz CT molecular complexity index is 1860. The zero-order valence-corrected chi connectivity index (χ0v) is 20.2. The second kappa shape index (κ2) is 7.32. The predicted octanol–water partition coefficient (Wildman–Crippen LogP) is 5.40. The molecule has 5 aromatic rings. The molecular weight excluding hydrogens is 476 g/mol. The molecule has 7 heteroatoms. The monoisotopic (exact) mass is 498 g/mol. The average Bonchev–Trinajstić information content (AvgIpc) is 3.25. The SMILES string of the molecule is O=C(Nc1ccc2[nH]c(C(=O)N3C[C@H]4C[C@@]45C3=CC(=O)c3ccccc35)cc2c1)c1cc2ccccc2[nH]1. The van der Waals surface area contributed by atoms with Crippen LogP contribution in [-0.4, -0.2) is 39.0 Å². The Labute approximate surface area is 217 Å². The molecule has 38 heavy (non-hydrogen) atoms. The molecule has 1 saturated carbocycles. The van der Waals surface area contributed by atoms with Gasteiger partial charge < -0.3 is 20.2 Å². The highest BCUT2D eigenvalue weighted by molar-refractivity contribution is 6.10. The van der Waals surface area contributed by atoms with E-state index in [-0.39, 0.29) is 23.0 Å². The van der Waals surface area contributed by atoms with Crippen molar-refractivity contribution in [3.8, 4) is 0 Å². The van der Waals surface area contributed by atoms with E-state index in [2.05, 4.69) is 15.3 Å². The van der Waals surface area contributed by atoms with Crippen molar-refractivity contribution in [3.63, 3.8) is 0 Å². The van der Waals surface area contributed by atoms with Gasteiger partial charge in [0.05, 0.1) is 0 Å². The molecule has 184 valence electrons. The number of aromatic nitrogens is 2. The van der Waals surface area contributed by atoms with E-state index in [1.54, 1.807) is 11.0 Å². The predicted molar refractivity (Wildman–Crippen MR) is 144 cm³/mol. The zero-order chi connectivity index (χ0) is 25.6. The summed E-state index contributed by atoms with van der Waals surface area (Å²) >= 11 is 0. The number of ketones is 1. The van der Waals surface area contributed by atoms with Crippen LogP contribution in [0.25, 0.3) is 21.8 Å². The lowest BCUT2D eigenvalue weighted by atomic mass is 9.81. The molecule has 3 aromatic carbocycles. The molecular formula is C31H22N4O3. The molecule has 3 heterocycles. The number of hydrogen-bond acceptors (Lipinski definition) is 3. The molecule has 2 aromatic heterocycles. The lowest BCUT2D eigenvalue weighted by Crippen LogP contribution is -2.33. The summed E-state index contributed by atoms with van der Waals surface area (Å²) in [7, 11) is 0. The van der Waals surface area contributed by atoms with Crippen molar-refractivity contribution in [1.82, 2.24) is 14.9 Å². The summed E-state index contributed by atoms with van der Waals surface area (Å²) in [6.07, 6.45) is 2.63. The second-order valence-electron chi connectivity index (χ2n) is 10.4.